The Morgan fingerprint density at radius 2 is 2.29 bits per heavy atom. The first-order chi connectivity index (χ1) is 6.59. The normalized spacial score (nSPS) is 10.9. The first-order valence-corrected chi connectivity index (χ1v) is 5.62. The minimum atomic E-state index is 0.206. The van der Waals surface area contributed by atoms with Crippen molar-refractivity contribution in [1.82, 2.24) is 15.2 Å². The van der Waals surface area contributed by atoms with E-state index in [2.05, 4.69) is 29.0 Å². The molecular weight excluding hydrogens is 198 g/mol. The van der Waals surface area contributed by atoms with Crippen LogP contribution in [0, 0.1) is 0 Å². The summed E-state index contributed by atoms with van der Waals surface area (Å²) in [6.45, 7) is 5.72. The van der Waals surface area contributed by atoms with Crippen LogP contribution in [0.3, 0.4) is 0 Å². The van der Waals surface area contributed by atoms with Crippen LogP contribution in [0.1, 0.15) is 38.9 Å². The van der Waals surface area contributed by atoms with Gasteiger partial charge in [-0.3, -0.25) is 9.89 Å². The van der Waals surface area contributed by atoms with E-state index in [1.54, 1.807) is 6.92 Å². The van der Waals surface area contributed by atoms with Crippen molar-refractivity contribution in [1.29, 1.82) is 0 Å². The summed E-state index contributed by atoms with van der Waals surface area (Å²) < 4.78 is 0. The molecule has 0 radical (unpaired) electrons. The fraction of sp³-hybridized carbons (Fsp3) is 0.667. The number of Topliss-reactive ketones (excluding diaryl/α,β-unsaturated/α-hetero) is 1. The zero-order valence-corrected chi connectivity index (χ0v) is 9.52. The van der Waals surface area contributed by atoms with E-state index < -0.39 is 0 Å². The molecule has 1 aromatic rings. The number of carbonyl (C=O) groups is 1. The lowest BCUT2D eigenvalue weighted by atomic mass is 10.2. The maximum absolute atomic E-state index is 10.7. The smallest absolute Gasteiger partial charge is 0.208 e. The second-order valence-electron chi connectivity index (χ2n) is 3.46. The quantitative estimate of drug-likeness (QED) is 0.760. The third-order valence-corrected chi connectivity index (χ3v) is 2.56. The molecule has 1 rings (SSSR count). The Hall–Kier alpha value is -0.840. The summed E-state index contributed by atoms with van der Waals surface area (Å²) in [6.07, 6.45) is 0.580. The molecule has 1 aromatic heterocycles. The lowest BCUT2D eigenvalue weighted by Crippen LogP contribution is -1.92. The zero-order valence-electron chi connectivity index (χ0n) is 8.70. The van der Waals surface area contributed by atoms with Crippen LogP contribution in [-0.4, -0.2) is 26.7 Å². The molecule has 0 spiro atoms. The Balaban J connectivity index is 2.40. The van der Waals surface area contributed by atoms with Crippen LogP contribution in [0.25, 0.3) is 0 Å². The molecule has 0 fully saturated rings. The molecule has 4 nitrogen and oxygen atoms in total. The molecule has 1 heterocycles. The summed E-state index contributed by atoms with van der Waals surface area (Å²) in [6, 6.07) is 0. The van der Waals surface area contributed by atoms with E-state index in [0.717, 1.165) is 16.7 Å². The fourth-order valence-electron chi connectivity index (χ4n) is 0.867. The Kier molecular flexibility index (Phi) is 4.13. The SMILES string of the molecule is CC(=O)CCSc1n[nH]c(C(C)C)n1. The minimum absolute atomic E-state index is 0.206. The highest BCUT2D eigenvalue weighted by Gasteiger charge is 2.06. The maximum atomic E-state index is 10.7. The van der Waals surface area contributed by atoms with E-state index in [4.69, 9.17) is 0 Å². The van der Waals surface area contributed by atoms with Gasteiger partial charge < -0.3 is 0 Å². The summed E-state index contributed by atoms with van der Waals surface area (Å²) in [5.41, 5.74) is 0. The van der Waals surface area contributed by atoms with Gasteiger partial charge in [-0.1, -0.05) is 25.6 Å². The molecule has 0 bridgehead atoms. The first-order valence-electron chi connectivity index (χ1n) is 4.64. The Morgan fingerprint density at radius 3 is 2.79 bits per heavy atom. The molecular formula is C9H15N3OS. The van der Waals surface area contributed by atoms with Crippen molar-refractivity contribution >= 4 is 17.5 Å². The van der Waals surface area contributed by atoms with Gasteiger partial charge in [-0.25, -0.2) is 4.98 Å². The third kappa shape index (κ3) is 3.49. The van der Waals surface area contributed by atoms with Crippen molar-refractivity contribution in [3.05, 3.63) is 5.82 Å². The number of nitrogens with one attached hydrogen (secondary N) is 1. The van der Waals surface area contributed by atoms with Crippen LogP contribution < -0.4 is 0 Å². The van der Waals surface area contributed by atoms with Gasteiger partial charge in [0.2, 0.25) is 5.16 Å². The molecule has 0 unspecified atom stereocenters. The van der Waals surface area contributed by atoms with Gasteiger partial charge in [0.25, 0.3) is 0 Å². The van der Waals surface area contributed by atoms with Crippen molar-refractivity contribution in [3.63, 3.8) is 0 Å². The molecule has 78 valence electrons. The van der Waals surface area contributed by atoms with Gasteiger partial charge in [-0.2, -0.15) is 0 Å². The number of hydrogen-bond acceptors (Lipinski definition) is 4. The molecule has 0 aliphatic rings. The lowest BCUT2D eigenvalue weighted by Gasteiger charge is -1.95. The van der Waals surface area contributed by atoms with E-state index in [1.807, 2.05) is 0 Å². The molecule has 0 aliphatic carbocycles. The van der Waals surface area contributed by atoms with Crippen molar-refractivity contribution in [2.24, 2.45) is 0 Å². The van der Waals surface area contributed by atoms with Gasteiger partial charge in [0.05, 0.1) is 0 Å². The van der Waals surface area contributed by atoms with Gasteiger partial charge in [-0.05, 0) is 6.92 Å². The fourth-order valence-corrected chi connectivity index (χ4v) is 1.71. The summed E-state index contributed by atoms with van der Waals surface area (Å²) in [5, 5.41) is 7.66. The summed E-state index contributed by atoms with van der Waals surface area (Å²) in [5.74, 6) is 2.22. The van der Waals surface area contributed by atoms with E-state index in [9.17, 15) is 4.79 Å². The number of aromatic nitrogens is 3. The van der Waals surface area contributed by atoms with Crippen LogP contribution in [0.15, 0.2) is 5.16 Å². The van der Waals surface area contributed by atoms with E-state index >= 15 is 0 Å². The highest BCUT2D eigenvalue weighted by atomic mass is 32.2. The number of H-pyrrole nitrogens is 1. The number of rotatable bonds is 5. The molecule has 1 N–H and O–H groups in total. The molecule has 5 heteroatoms. The van der Waals surface area contributed by atoms with Gasteiger partial charge in [0.15, 0.2) is 0 Å². The number of aromatic amines is 1. The maximum Gasteiger partial charge on any atom is 0.208 e. The predicted molar refractivity (Wildman–Crippen MR) is 56.5 cm³/mol. The Morgan fingerprint density at radius 1 is 1.57 bits per heavy atom. The number of ketones is 1. The van der Waals surface area contributed by atoms with Crippen molar-refractivity contribution in [2.75, 3.05) is 5.75 Å². The minimum Gasteiger partial charge on any atom is -0.300 e. The monoisotopic (exact) mass is 213 g/mol. The van der Waals surface area contributed by atoms with Crippen LogP contribution in [0.4, 0.5) is 0 Å². The van der Waals surface area contributed by atoms with Crippen molar-refractivity contribution in [2.45, 2.75) is 38.3 Å². The van der Waals surface area contributed by atoms with Crippen LogP contribution >= 0.6 is 11.8 Å². The standard InChI is InChI=1S/C9H15N3OS/c1-6(2)8-10-9(12-11-8)14-5-4-7(3)13/h6H,4-5H2,1-3H3,(H,10,11,12). The van der Waals surface area contributed by atoms with Crippen LogP contribution in [0.2, 0.25) is 0 Å². The third-order valence-electron chi connectivity index (χ3n) is 1.71. The molecule has 14 heavy (non-hydrogen) atoms. The molecule has 0 aliphatic heterocycles. The van der Waals surface area contributed by atoms with Crippen molar-refractivity contribution < 1.29 is 4.79 Å². The van der Waals surface area contributed by atoms with Crippen LogP contribution in [-0.2, 0) is 4.79 Å². The highest BCUT2D eigenvalue weighted by molar-refractivity contribution is 7.99. The predicted octanol–water partition coefficient (Wildman–Crippen LogP) is 2.00. The number of thioether (sulfide) groups is 1. The van der Waals surface area contributed by atoms with Gasteiger partial charge in [0.1, 0.15) is 11.6 Å². The van der Waals surface area contributed by atoms with Crippen molar-refractivity contribution in [3.8, 4) is 0 Å². The highest BCUT2D eigenvalue weighted by Crippen LogP contribution is 2.16. The summed E-state index contributed by atoms with van der Waals surface area (Å²) in [7, 11) is 0. The average molecular weight is 213 g/mol. The molecule has 0 atom stereocenters. The molecule has 0 saturated heterocycles. The summed E-state index contributed by atoms with van der Waals surface area (Å²) in [4.78, 5) is 15.0. The number of hydrogen-bond donors (Lipinski definition) is 1. The van der Waals surface area contributed by atoms with Gasteiger partial charge in [-0.15, -0.1) is 5.10 Å². The van der Waals surface area contributed by atoms with Gasteiger partial charge >= 0.3 is 0 Å². The van der Waals surface area contributed by atoms with E-state index in [1.165, 1.54) is 11.8 Å². The zero-order chi connectivity index (χ0) is 10.6. The lowest BCUT2D eigenvalue weighted by molar-refractivity contribution is -0.116. The second kappa shape index (κ2) is 5.14. The molecule has 0 saturated carbocycles. The Labute approximate surface area is 87.9 Å². The average Bonchev–Trinajstić information content (AvgIpc) is 2.52. The summed E-state index contributed by atoms with van der Waals surface area (Å²) >= 11 is 1.51. The number of nitrogens with zero attached hydrogens (tertiary/aromatic N) is 2. The first kappa shape index (κ1) is 11.2. The topological polar surface area (TPSA) is 58.6 Å². The Bertz CT molecular complexity index is 309. The number of carbonyl (C=O) groups excluding carboxylic acids is 1. The molecule has 0 amide bonds. The van der Waals surface area contributed by atoms with E-state index in [0.29, 0.717) is 12.3 Å². The van der Waals surface area contributed by atoms with E-state index in [-0.39, 0.29) is 5.78 Å². The molecule has 0 aromatic carbocycles. The second-order valence-corrected chi connectivity index (χ2v) is 4.52. The largest absolute Gasteiger partial charge is 0.300 e. The van der Waals surface area contributed by atoms with Crippen LogP contribution in [0.5, 0.6) is 0 Å². The van der Waals surface area contributed by atoms with Gasteiger partial charge in [0, 0.05) is 18.1 Å².